The monoisotopic (exact) mass is 294 g/mol. The van der Waals surface area contributed by atoms with Crippen LogP contribution in [0, 0.1) is 13.8 Å². The standard InChI is InChI=1S/C11H14N6O2S/c1-6-5-9(7(2)14-13-6)10-15-16-11(20(12,18)19)17(10)8-3-4-8/h5,8H,3-4H2,1-2H3,(H2,12,18,19). The van der Waals surface area contributed by atoms with Crippen molar-refractivity contribution in [2.45, 2.75) is 37.9 Å². The molecule has 3 rings (SSSR count). The summed E-state index contributed by atoms with van der Waals surface area (Å²) in [5.41, 5.74) is 2.13. The van der Waals surface area contributed by atoms with Gasteiger partial charge in [0.15, 0.2) is 5.82 Å². The molecule has 9 heteroatoms. The third-order valence-electron chi connectivity index (χ3n) is 3.17. The van der Waals surface area contributed by atoms with E-state index in [2.05, 4.69) is 20.4 Å². The van der Waals surface area contributed by atoms with Gasteiger partial charge in [-0.15, -0.1) is 10.2 Å². The highest BCUT2D eigenvalue weighted by atomic mass is 32.2. The number of nitrogens with zero attached hydrogens (tertiary/aromatic N) is 5. The van der Waals surface area contributed by atoms with E-state index < -0.39 is 10.0 Å². The van der Waals surface area contributed by atoms with Crippen LogP contribution in [-0.4, -0.2) is 33.4 Å². The topological polar surface area (TPSA) is 117 Å². The van der Waals surface area contributed by atoms with Crippen LogP contribution in [0.4, 0.5) is 0 Å². The molecule has 0 aliphatic heterocycles. The average Bonchev–Trinajstić information content (AvgIpc) is 3.09. The second-order valence-electron chi connectivity index (χ2n) is 4.94. The van der Waals surface area contributed by atoms with Crippen molar-refractivity contribution in [3.05, 3.63) is 17.5 Å². The first kappa shape index (κ1) is 13.1. The molecule has 2 N–H and O–H groups in total. The van der Waals surface area contributed by atoms with Crippen LogP contribution in [0.5, 0.6) is 0 Å². The first-order valence-corrected chi connectivity index (χ1v) is 7.71. The number of sulfonamides is 1. The summed E-state index contributed by atoms with van der Waals surface area (Å²) >= 11 is 0. The highest BCUT2D eigenvalue weighted by Crippen LogP contribution is 2.40. The molecule has 0 aromatic carbocycles. The number of aryl methyl sites for hydroxylation is 2. The first-order chi connectivity index (χ1) is 9.38. The van der Waals surface area contributed by atoms with Crippen LogP contribution in [0.15, 0.2) is 11.2 Å². The molecular formula is C11H14N6O2S. The van der Waals surface area contributed by atoms with Gasteiger partial charge in [-0.2, -0.15) is 10.2 Å². The Labute approximate surface area is 116 Å². The van der Waals surface area contributed by atoms with Gasteiger partial charge in [-0.25, -0.2) is 13.6 Å². The lowest BCUT2D eigenvalue weighted by atomic mass is 10.2. The van der Waals surface area contributed by atoms with Crippen LogP contribution in [0.3, 0.4) is 0 Å². The molecule has 2 heterocycles. The number of nitrogens with two attached hydrogens (primary N) is 1. The molecule has 1 aliphatic carbocycles. The maximum Gasteiger partial charge on any atom is 0.273 e. The molecule has 8 nitrogen and oxygen atoms in total. The molecule has 0 unspecified atom stereocenters. The van der Waals surface area contributed by atoms with E-state index in [1.165, 1.54) is 0 Å². The van der Waals surface area contributed by atoms with Crippen LogP contribution in [-0.2, 0) is 10.0 Å². The Morgan fingerprint density at radius 3 is 2.50 bits per heavy atom. The second-order valence-corrected chi connectivity index (χ2v) is 6.39. The highest BCUT2D eigenvalue weighted by molar-refractivity contribution is 7.89. The zero-order chi connectivity index (χ0) is 14.5. The van der Waals surface area contributed by atoms with E-state index in [1.807, 2.05) is 13.0 Å². The Morgan fingerprint density at radius 2 is 1.90 bits per heavy atom. The molecule has 106 valence electrons. The minimum Gasteiger partial charge on any atom is -0.294 e. The Balaban J connectivity index is 2.25. The summed E-state index contributed by atoms with van der Waals surface area (Å²) in [5, 5.41) is 20.8. The molecule has 0 radical (unpaired) electrons. The summed E-state index contributed by atoms with van der Waals surface area (Å²) in [7, 11) is -3.90. The summed E-state index contributed by atoms with van der Waals surface area (Å²) in [6.07, 6.45) is 1.79. The van der Waals surface area contributed by atoms with Crippen molar-refractivity contribution < 1.29 is 8.42 Å². The van der Waals surface area contributed by atoms with E-state index in [1.54, 1.807) is 11.5 Å². The van der Waals surface area contributed by atoms with Gasteiger partial charge in [0, 0.05) is 11.6 Å². The largest absolute Gasteiger partial charge is 0.294 e. The molecule has 1 aliphatic rings. The second kappa shape index (κ2) is 4.32. The number of hydrogen-bond acceptors (Lipinski definition) is 6. The van der Waals surface area contributed by atoms with E-state index in [9.17, 15) is 8.42 Å². The van der Waals surface area contributed by atoms with Crippen molar-refractivity contribution in [1.29, 1.82) is 0 Å². The van der Waals surface area contributed by atoms with E-state index >= 15 is 0 Å². The van der Waals surface area contributed by atoms with Gasteiger partial charge < -0.3 is 0 Å². The summed E-state index contributed by atoms with van der Waals surface area (Å²) < 4.78 is 24.8. The Hall–Kier alpha value is -1.87. The minimum absolute atomic E-state index is 0.0844. The van der Waals surface area contributed by atoms with Crippen LogP contribution >= 0.6 is 0 Å². The highest BCUT2D eigenvalue weighted by Gasteiger charge is 2.34. The Kier molecular flexibility index (Phi) is 2.83. The zero-order valence-electron chi connectivity index (χ0n) is 11.1. The van der Waals surface area contributed by atoms with Crippen molar-refractivity contribution in [3.8, 4) is 11.4 Å². The van der Waals surface area contributed by atoms with Crippen molar-refractivity contribution in [3.63, 3.8) is 0 Å². The fourth-order valence-corrected chi connectivity index (χ4v) is 2.76. The Bertz CT molecular complexity index is 778. The minimum atomic E-state index is -3.90. The number of primary sulfonamides is 1. The van der Waals surface area contributed by atoms with Crippen molar-refractivity contribution in [1.82, 2.24) is 25.0 Å². The van der Waals surface area contributed by atoms with Crippen LogP contribution in [0.1, 0.15) is 30.3 Å². The van der Waals surface area contributed by atoms with Gasteiger partial charge in [0.25, 0.3) is 15.2 Å². The van der Waals surface area contributed by atoms with E-state index in [0.717, 1.165) is 24.1 Å². The number of hydrogen-bond donors (Lipinski definition) is 1. The van der Waals surface area contributed by atoms with E-state index in [4.69, 9.17) is 5.14 Å². The molecule has 20 heavy (non-hydrogen) atoms. The lowest BCUT2D eigenvalue weighted by molar-refractivity contribution is 0.567. The third-order valence-corrected chi connectivity index (χ3v) is 3.96. The van der Waals surface area contributed by atoms with Gasteiger partial charge in [-0.1, -0.05) is 0 Å². The molecule has 1 fully saturated rings. The van der Waals surface area contributed by atoms with Crippen LogP contribution < -0.4 is 5.14 Å². The average molecular weight is 294 g/mol. The van der Waals surface area contributed by atoms with Gasteiger partial charge in [-0.05, 0) is 32.8 Å². The predicted octanol–water partition coefficient (Wildman–Crippen LogP) is 0.334. The summed E-state index contributed by atoms with van der Waals surface area (Å²) in [6.45, 7) is 3.61. The number of rotatable bonds is 3. The van der Waals surface area contributed by atoms with E-state index in [0.29, 0.717) is 11.5 Å². The zero-order valence-corrected chi connectivity index (χ0v) is 11.9. The fourth-order valence-electron chi connectivity index (χ4n) is 2.09. The first-order valence-electron chi connectivity index (χ1n) is 6.17. The lowest BCUT2D eigenvalue weighted by Gasteiger charge is -2.09. The van der Waals surface area contributed by atoms with Gasteiger partial charge in [0.2, 0.25) is 0 Å². The summed E-state index contributed by atoms with van der Waals surface area (Å²) in [4.78, 5) is 0. The maximum absolute atomic E-state index is 11.6. The van der Waals surface area contributed by atoms with Crippen LogP contribution in [0.25, 0.3) is 11.4 Å². The molecule has 2 aromatic rings. The maximum atomic E-state index is 11.6. The fraction of sp³-hybridized carbons (Fsp3) is 0.455. The van der Waals surface area contributed by atoms with Crippen LogP contribution in [0.2, 0.25) is 0 Å². The summed E-state index contributed by atoms with van der Waals surface area (Å²) in [6, 6.07) is 1.90. The SMILES string of the molecule is Cc1cc(-c2nnc(S(N)(=O)=O)n2C2CC2)c(C)nn1. The molecule has 0 atom stereocenters. The van der Waals surface area contributed by atoms with Gasteiger partial charge in [0.1, 0.15) is 0 Å². The smallest absolute Gasteiger partial charge is 0.273 e. The molecule has 0 amide bonds. The van der Waals surface area contributed by atoms with Crippen molar-refractivity contribution in [2.75, 3.05) is 0 Å². The van der Waals surface area contributed by atoms with Crippen molar-refractivity contribution >= 4 is 10.0 Å². The normalized spacial score (nSPS) is 15.6. The molecule has 0 bridgehead atoms. The molecule has 2 aromatic heterocycles. The third kappa shape index (κ3) is 2.18. The number of aromatic nitrogens is 5. The predicted molar refractivity (Wildman–Crippen MR) is 70.2 cm³/mol. The van der Waals surface area contributed by atoms with E-state index in [-0.39, 0.29) is 11.2 Å². The Morgan fingerprint density at radius 1 is 1.20 bits per heavy atom. The summed E-state index contributed by atoms with van der Waals surface area (Å²) in [5.74, 6) is 0.479. The quantitative estimate of drug-likeness (QED) is 0.872. The van der Waals surface area contributed by atoms with Gasteiger partial charge in [0.05, 0.1) is 11.4 Å². The molecule has 0 spiro atoms. The molecular weight excluding hydrogens is 280 g/mol. The molecule has 0 saturated heterocycles. The molecule has 1 saturated carbocycles. The lowest BCUT2D eigenvalue weighted by Crippen LogP contribution is -2.18. The van der Waals surface area contributed by atoms with Gasteiger partial charge >= 0.3 is 0 Å². The van der Waals surface area contributed by atoms with Gasteiger partial charge in [-0.3, -0.25) is 4.57 Å². The van der Waals surface area contributed by atoms with Crippen molar-refractivity contribution in [2.24, 2.45) is 5.14 Å².